The Kier molecular flexibility index (Phi) is 9.38. The highest BCUT2D eigenvalue weighted by molar-refractivity contribution is 5.33. The number of imidazole rings is 1. The summed E-state index contributed by atoms with van der Waals surface area (Å²) in [6.07, 6.45) is 6.06. The number of likely N-dealkylation sites (N-methyl/N-ethyl adjacent to an activating group) is 1. The van der Waals surface area contributed by atoms with Crippen LogP contribution < -0.4 is 0 Å². The van der Waals surface area contributed by atoms with Crippen LogP contribution in [0.2, 0.25) is 0 Å². The molecule has 0 aliphatic rings. The Balaban J connectivity index is 1.14. The van der Waals surface area contributed by atoms with Gasteiger partial charge in [0.25, 0.3) is 0 Å². The van der Waals surface area contributed by atoms with Crippen LogP contribution in [0.4, 0.5) is 0 Å². The molecule has 0 unspecified atom stereocenters. The van der Waals surface area contributed by atoms with Crippen LogP contribution in [0.5, 0.6) is 0 Å². The summed E-state index contributed by atoms with van der Waals surface area (Å²) in [6, 6.07) is 43.5. The van der Waals surface area contributed by atoms with Crippen molar-refractivity contribution in [2.45, 2.75) is 37.5 Å². The molecule has 0 saturated heterocycles. The Morgan fingerprint density at radius 2 is 1.00 bits per heavy atom. The number of benzene rings is 4. The van der Waals surface area contributed by atoms with Gasteiger partial charge in [-0.15, -0.1) is 0 Å². The molecule has 0 spiro atoms. The van der Waals surface area contributed by atoms with Gasteiger partial charge in [0, 0.05) is 43.1 Å². The van der Waals surface area contributed by atoms with Gasteiger partial charge in [-0.1, -0.05) is 121 Å². The molecule has 0 bridgehead atoms. The molecule has 0 aliphatic carbocycles. The predicted octanol–water partition coefficient (Wildman–Crippen LogP) is 7.87. The van der Waals surface area contributed by atoms with E-state index in [1.807, 2.05) is 6.20 Å². The quantitative estimate of drug-likeness (QED) is 0.174. The van der Waals surface area contributed by atoms with Gasteiger partial charge in [0.2, 0.25) is 0 Å². The van der Waals surface area contributed by atoms with Crippen molar-refractivity contribution in [2.75, 3.05) is 20.1 Å². The largest absolute Gasteiger partial charge is 0.346 e. The maximum absolute atomic E-state index is 4.73. The van der Waals surface area contributed by atoms with Crippen LogP contribution in [0.1, 0.15) is 58.4 Å². The Morgan fingerprint density at radius 1 is 0.564 bits per heavy atom. The van der Waals surface area contributed by atoms with E-state index in [4.69, 9.17) is 4.98 Å². The molecule has 3 heteroatoms. The van der Waals surface area contributed by atoms with Crippen LogP contribution in [-0.2, 0) is 12.8 Å². The van der Waals surface area contributed by atoms with Crippen LogP contribution in [0.15, 0.2) is 128 Å². The van der Waals surface area contributed by atoms with Gasteiger partial charge >= 0.3 is 0 Å². The first kappa shape index (κ1) is 26.6. The number of aromatic nitrogens is 2. The summed E-state index contributed by atoms with van der Waals surface area (Å²) in [4.78, 5) is 10.8. The third-order valence-electron chi connectivity index (χ3n) is 7.72. The topological polar surface area (TPSA) is 31.9 Å². The number of nitrogens with one attached hydrogen (secondary N) is 1. The predicted molar refractivity (Wildman–Crippen MR) is 162 cm³/mol. The Morgan fingerprint density at radius 3 is 1.46 bits per heavy atom. The van der Waals surface area contributed by atoms with E-state index in [1.54, 1.807) is 0 Å². The second-order valence-electron chi connectivity index (χ2n) is 10.5. The fraction of sp³-hybridized carbons (Fsp3) is 0.250. The molecule has 1 heterocycles. The zero-order valence-electron chi connectivity index (χ0n) is 22.9. The van der Waals surface area contributed by atoms with Crippen LogP contribution in [0.25, 0.3) is 0 Å². The van der Waals surface area contributed by atoms with Crippen molar-refractivity contribution in [1.29, 1.82) is 0 Å². The number of hydrogen-bond acceptors (Lipinski definition) is 2. The first-order valence-electron chi connectivity index (χ1n) is 14.2. The molecule has 3 nitrogen and oxygen atoms in total. The molecule has 0 amide bonds. The van der Waals surface area contributed by atoms with Gasteiger partial charge in [-0.25, -0.2) is 4.98 Å². The SMILES string of the molecule is CN(CCc1cnc(CCC(c2ccccc2)c2ccccc2)[nH]1)CCC(c1ccccc1)c1ccccc1. The summed E-state index contributed by atoms with van der Waals surface area (Å²) in [5.74, 6) is 1.86. The standard InChI is InChI=1S/C36H39N3/c1-39(27-25-35(31-18-10-4-11-19-31)32-20-12-5-13-21-32)26-24-33-28-37-36(38-33)23-22-34(29-14-6-2-7-15-29)30-16-8-3-9-17-30/h2-21,28,34-35H,22-27H2,1H3,(H,37,38). The van der Waals surface area contributed by atoms with Gasteiger partial charge in [-0.3, -0.25) is 0 Å². The van der Waals surface area contributed by atoms with Gasteiger partial charge < -0.3 is 9.88 Å². The molecule has 4 aromatic carbocycles. The average molecular weight is 514 g/mol. The summed E-state index contributed by atoms with van der Waals surface area (Å²) in [6.45, 7) is 2.06. The van der Waals surface area contributed by atoms with Crippen molar-refractivity contribution in [1.82, 2.24) is 14.9 Å². The molecule has 5 rings (SSSR count). The Labute approximate surface area is 233 Å². The second kappa shape index (κ2) is 13.7. The van der Waals surface area contributed by atoms with E-state index in [1.165, 1.54) is 27.9 Å². The molecule has 1 N–H and O–H groups in total. The lowest BCUT2D eigenvalue weighted by molar-refractivity contribution is 0.326. The summed E-state index contributed by atoms with van der Waals surface area (Å²) in [7, 11) is 2.23. The highest BCUT2D eigenvalue weighted by atomic mass is 15.1. The van der Waals surface area contributed by atoms with Crippen molar-refractivity contribution >= 4 is 0 Å². The van der Waals surface area contributed by atoms with E-state index in [9.17, 15) is 0 Å². The molecule has 0 atom stereocenters. The molecule has 0 fully saturated rings. The lowest BCUT2D eigenvalue weighted by Gasteiger charge is -2.22. The summed E-state index contributed by atoms with van der Waals surface area (Å²) in [5, 5.41) is 0. The van der Waals surface area contributed by atoms with Gasteiger partial charge in [0.05, 0.1) is 0 Å². The minimum atomic E-state index is 0.370. The molecule has 0 saturated carbocycles. The summed E-state index contributed by atoms with van der Waals surface area (Å²) >= 11 is 0. The number of aryl methyl sites for hydroxylation is 1. The zero-order valence-corrected chi connectivity index (χ0v) is 22.9. The molecular weight excluding hydrogens is 474 g/mol. The number of rotatable bonds is 13. The molecular formula is C36H39N3. The smallest absolute Gasteiger partial charge is 0.106 e. The highest BCUT2D eigenvalue weighted by Crippen LogP contribution is 2.29. The highest BCUT2D eigenvalue weighted by Gasteiger charge is 2.16. The normalized spacial score (nSPS) is 11.5. The lowest BCUT2D eigenvalue weighted by Crippen LogP contribution is -2.24. The first-order valence-corrected chi connectivity index (χ1v) is 14.2. The molecule has 39 heavy (non-hydrogen) atoms. The zero-order chi connectivity index (χ0) is 26.7. The minimum absolute atomic E-state index is 0.370. The molecule has 5 aromatic rings. The maximum Gasteiger partial charge on any atom is 0.106 e. The maximum atomic E-state index is 4.73. The lowest BCUT2D eigenvalue weighted by atomic mass is 9.87. The summed E-state index contributed by atoms with van der Waals surface area (Å²) < 4.78 is 0. The molecule has 198 valence electrons. The van der Waals surface area contributed by atoms with Crippen LogP contribution in [0, 0.1) is 0 Å². The van der Waals surface area contributed by atoms with E-state index in [0.717, 1.165) is 44.6 Å². The molecule has 0 radical (unpaired) electrons. The van der Waals surface area contributed by atoms with Crippen LogP contribution >= 0.6 is 0 Å². The molecule has 1 aromatic heterocycles. The number of nitrogens with zero attached hydrogens (tertiary/aromatic N) is 2. The first-order chi connectivity index (χ1) is 19.3. The Hall–Kier alpha value is -3.95. The fourth-order valence-corrected chi connectivity index (χ4v) is 5.51. The number of hydrogen-bond donors (Lipinski definition) is 1. The van der Waals surface area contributed by atoms with Crippen LogP contribution in [-0.4, -0.2) is 35.0 Å². The second-order valence-corrected chi connectivity index (χ2v) is 10.5. The van der Waals surface area contributed by atoms with E-state index >= 15 is 0 Å². The number of aromatic amines is 1. The monoisotopic (exact) mass is 513 g/mol. The van der Waals surface area contributed by atoms with Crippen molar-refractivity contribution in [3.8, 4) is 0 Å². The van der Waals surface area contributed by atoms with Gasteiger partial charge in [-0.05, 0) is 48.7 Å². The van der Waals surface area contributed by atoms with Crippen LogP contribution in [0.3, 0.4) is 0 Å². The average Bonchev–Trinajstić information content (AvgIpc) is 3.46. The van der Waals surface area contributed by atoms with Gasteiger partial charge in [0.15, 0.2) is 0 Å². The van der Waals surface area contributed by atoms with E-state index in [-0.39, 0.29) is 0 Å². The third-order valence-corrected chi connectivity index (χ3v) is 7.72. The molecule has 0 aliphatic heterocycles. The van der Waals surface area contributed by atoms with E-state index < -0.39 is 0 Å². The van der Waals surface area contributed by atoms with Crippen molar-refractivity contribution in [3.05, 3.63) is 161 Å². The van der Waals surface area contributed by atoms with Gasteiger partial charge in [0.1, 0.15) is 5.82 Å². The third kappa shape index (κ3) is 7.55. The summed E-state index contributed by atoms with van der Waals surface area (Å²) in [5.41, 5.74) is 6.72. The van der Waals surface area contributed by atoms with Crippen molar-refractivity contribution < 1.29 is 0 Å². The van der Waals surface area contributed by atoms with Gasteiger partial charge in [-0.2, -0.15) is 0 Å². The van der Waals surface area contributed by atoms with E-state index in [0.29, 0.717) is 11.8 Å². The number of H-pyrrole nitrogens is 1. The minimum Gasteiger partial charge on any atom is -0.346 e. The van der Waals surface area contributed by atoms with Crippen molar-refractivity contribution in [3.63, 3.8) is 0 Å². The van der Waals surface area contributed by atoms with Crippen molar-refractivity contribution in [2.24, 2.45) is 0 Å². The fourth-order valence-electron chi connectivity index (χ4n) is 5.51. The Bertz CT molecular complexity index is 1290. The van der Waals surface area contributed by atoms with E-state index in [2.05, 4.69) is 138 Å².